The van der Waals surface area contributed by atoms with Gasteiger partial charge in [0.2, 0.25) is 0 Å². The molecule has 8 nitrogen and oxygen atoms in total. The maximum atomic E-state index is 13.6. The first kappa shape index (κ1) is 23.2. The van der Waals surface area contributed by atoms with Gasteiger partial charge < -0.3 is 15.3 Å². The number of halogens is 1. The van der Waals surface area contributed by atoms with Gasteiger partial charge in [-0.25, -0.2) is 14.1 Å². The van der Waals surface area contributed by atoms with Crippen LogP contribution in [-0.4, -0.2) is 53.2 Å². The lowest BCUT2D eigenvalue weighted by Gasteiger charge is -2.11. The predicted molar refractivity (Wildman–Crippen MR) is 117 cm³/mol. The Morgan fingerprint density at radius 1 is 1.19 bits per heavy atom. The van der Waals surface area contributed by atoms with E-state index in [9.17, 15) is 19.4 Å². The van der Waals surface area contributed by atoms with Crippen molar-refractivity contribution < 1.29 is 24.5 Å². The van der Waals surface area contributed by atoms with Crippen LogP contribution < -0.4 is 0 Å². The normalized spacial score (nSPS) is 13.6. The third-order valence-corrected chi connectivity index (χ3v) is 4.79. The van der Waals surface area contributed by atoms with Crippen molar-refractivity contribution in [3.8, 4) is 17.1 Å². The van der Waals surface area contributed by atoms with Gasteiger partial charge in [0.1, 0.15) is 5.82 Å². The van der Waals surface area contributed by atoms with Crippen LogP contribution in [0.2, 0.25) is 0 Å². The van der Waals surface area contributed by atoms with Crippen LogP contribution in [0.3, 0.4) is 0 Å². The molecule has 0 saturated carbocycles. The van der Waals surface area contributed by atoms with E-state index in [-0.39, 0.29) is 18.2 Å². The predicted octanol–water partition coefficient (Wildman–Crippen LogP) is 3.19. The third-order valence-electron chi connectivity index (χ3n) is 4.79. The molecule has 0 unspecified atom stereocenters. The molecule has 9 heteroatoms. The Bertz CT molecular complexity index is 1080. The molecule has 0 radical (unpaired) electrons. The summed E-state index contributed by atoms with van der Waals surface area (Å²) < 4.78 is 15.2. The summed E-state index contributed by atoms with van der Waals surface area (Å²) in [4.78, 5) is 19.2. The number of nitrogens with zero attached hydrogens (tertiary/aromatic N) is 4. The monoisotopic (exact) mass is 440 g/mol. The Morgan fingerprint density at radius 3 is 2.50 bits per heavy atom. The molecule has 0 bridgehead atoms. The number of aliphatic hydroxyl groups is 2. The number of aliphatic hydroxyl groups excluding tert-OH is 2. The number of carboxylic acid groups (broad SMARTS) is 1. The van der Waals surface area contributed by atoms with E-state index < -0.39 is 24.6 Å². The van der Waals surface area contributed by atoms with Gasteiger partial charge in [0.15, 0.2) is 5.82 Å². The first-order chi connectivity index (χ1) is 15.3. The molecule has 168 valence electrons. The molecule has 1 aromatic carbocycles. The number of hydrogen-bond acceptors (Lipinski definition) is 6. The van der Waals surface area contributed by atoms with Gasteiger partial charge in [0.05, 0.1) is 36.2 Å². The van der Waals surface area contributed by atoms with E-state index >= 15 is 0 Å². The van der Waals surface area contributed by atoms with Crippen molar-refractivity contribution in [2.75, 3.05) is 0 Å². The molecule has 0 amide bonds. The average molecular weight is 440 g/mol. The lowest BCUT2D eigenvalue weighted by molar-refractivity contribution is -0.139. The molecule has 3 rings (SSSR count). The van der Waals surface area contributed by atoms with E-state index in [1.807, 2.05) is 13.8 Å². The quantitative estimate of drug-likeness (QED) is 0.467. The highest BCUT2D eigenvalue weighted by Gasteiger charge is 2.22. The first-order valence-electron chi connectivity index (χ1n) is 10.2. The Hall–Kier alpha value is -3.43. The SMILES string of the molecule is CC(C)c1nn(-c2cnccn2)c(-c2ccc(F)cc2)c1C=C[C@@H](O)C[C@@H](O)CC(=O)O. The molecule has 0 aliphatic carbocycles. The lowest BCUT2D eigenvalue weighted by atomic mass is 9.98. The lowest BCUT2D eigenvalue weighted by Crippen LogP contribution is -2.19. The highest BCUT2D eigenvalue weighted by atomic mass is 19.1. The van der Waals surface area contributed by atoms with Crippen molar-refractivity contribution in [3.05, 3.63) is 66.0 Å². The van der Waals surface area contributed by atoms with Gasteiger partial charge in [0, 0.05) is 29.9 Å². The van der Waals surface area contributed by atoms with Crippen LogP contribution >= 0.6 is 0 Å². The van der Waals surface area contributed by atoms with Gasteiger partial charge in [-0.15, -0.1) is 0 Å². The van der Waals surface area contributed by atoms with Gasteiger partial charge in [-0.2, -0.15) is 5.10 Å². The number of carboxylic acids is 1. The van der Waals surface area contributed by atoms with E-state index in [4.69, 9.17) is 10.2 Å². The summed E-state index contributed by atoms with van der Waals surface area (Å²) in [6, 6.07) is 5.97. The topological polar surface area (TPSA) is 121 Å². The standard InChI is InChI=1S/C23H25FN4O4/c1-14(2)22-19(8-7-17(29)11-18(30)12-21(31)32)23(15-3-5-16(24)6-4-15)28(27-22)20-13-25-9-10-26-20/h3-10,13-14,17-18,29-30H,11-12H2,1-2H3,(H,31,32)/t17-,18-/m1/s1. The number of hydrogen-bond donors (Lipinski definition) is 3. The fourth-order valence-electron chi connectivity index (χ4n) is 3.34. The fourth-order valence-corrected chi connectivity index (χ4v) is 3.34. The molecular formula is C23H25FN4O4. The minimum absolute atomic E-state index is 0.0153. The number of aromatic nitrogens is 4. The summed E-state index contributed by atoms with van der Waals surface area (Å²) in [6.07, 6.45) is 5.03. The molecule has 2 heterocycles. The molecule has 32 heavy (non-hydrogen) atoms. The molecule has 0 aliphatic heterocycles. The largest absolute Gasteiger partial charge is 0.481 e. The Morgan fingerprint density at radius 2 is 1.91 bits per heavy atom. The Kier molecular flexibility index (Phi) is 7.45. The van der Waals surface area contributed by atoms with E-state index in [0.29, 0.717) is 22.6 Å². The van der Waals surface area contributed by atoms with Crippen LogP contribution in [-0.2, 0) is 4.79 Å². The molecule has 0 spiro atoms. The molecular weight excluding hydrogens is 415 g/mol. The number of carbonyl (C=O) groups is 1. The second kappa shape index (κ2) is 10.3. The van der Waals surface area contributed by atoms with Crippen LogP contribution in [0.15, 0.2) is 48.9 Å². The molecule has 2 aromatic heterocycles. The minimum atomic E-state index is -1.17. The zero-order chi connectivity index (χ0) is 23.3. The molecule has 2 atom stereocenters. The number of benzene rings is 1. The van der Waals surface area contributed by atoms with Gasteiger partial charge in [-0.3, -0.25) is 9.78 Å². The molecule has 3 aromatic rings. The van der Waals surface area contributed by atoms with Crippen molar-refractivity contribution in [1.29, 1.82) is 0 Å². The highest BCUT2D eigenvalue weighted by molar-refractivity contribution is 5.75. The van der Waals surface area contributed by atoms with Crippen LogP contribution in [0.25, 0.3) is 23.2 Å². The summed E-state index contributed by atoms with van der Waals surface area (Å²) >= 11 is 0. The van der Waals surface area contributed by atoms with E-state index in [0.717, 1.165) is 5.69 Å². The van der Waals surface area contributed by atoms with Crippen molar-refractivity contribution >= 4 is 12.0 Å². The zero-order valence-electron chi connectivity index (χ0n) is 17.8. The maximum Gasteiger partial charge on any atom is 0.305 e. The summed E-state index contributed by atoms with van der Waals surface area (Å²) in [5, 5.41) is 33.6. The van der Waals surface area contributed by atoms with Crippen molar-refractivity contribution in [1.82, 2.24) is 19.7 Å². The van der Waals surface area contributed by atoms with Crippen molar-refractivity contribution in [3.63, 3.8) is 0 Å². The Labute approximate surface area is 184 Å². The van der Waals surface area contributed by atoms with Gasteiger partial charge in [-0.05, 0) is 30.2 Å². The molecule has 0 saturated heterocycles. The zero-order valence-corrected chi connectivity index (χ0v) is 17.8. The first-order valence-corrected chi connectivity index (χ1v) is 10.2. The van der Waals surface area contributed by atoms with Crippen molar-refractivity contribution in [2.45, 2.75) is 44.8 Å². The van der Waals surface area contributed by atoms with E-state index in [1.165, 1.54) is 18.2 Å². The smallest absolute Gasteiger partial charge is 0.305 e. The molecule has 0 aliphatic rings. The van der Waals surface area contributed by atoms with Crippen LogP contribution in [0.4, 0.5) is 4.39 Å². The van der Waals surface area contributed by atoms with Gasteiger partial charge in [0.25, 0.3) is 0 Å². The molecule has 0 fully saturated rings. The van der Waals surface area contributed by atoms with E-state index in [2.05, 4.69) is 9.97 Å². The number of rotatable bonds is 9. The average Bonchev–Trinajstić information content (AvgIpc) is 3.12. The van der Waals surface area contributed by atoms with Crippen LogP contribution in [0, 0.1) is 5.82 Å². The second-order valence-corrected chi connectivity index (χ2v) is 7.70. The van der Waals surface area contributed by atoms with E-state index in [1.54, 1.807) is 41.5 Å². The highest BCUT2D eigenvalue weighted by Crippen LogP contribution is 2.33. The Balaban J connectivity index is 2.08. The summed E-state index contributed by atoms with van der Waals surface area (Å²) in [5.41, 5.74) is 2.76. The van der Waals surface area contributed by atoms with Gasteiger partial charge >= 0.3 is 5.97 Å². The van der Waals surface area contributed by atoms with Gasteiger partial charge in [-0.1, -0.05) is 26.0 Å². The molecule has 3 N–H and O–H groups in total. The van der Waals surface area contributed by atoms with Crippen molar-refractivity contribution in [2.24, 2.45) is 0 Å². The number of aliphatic carboxylic acids is 1. The fraction of sp³-hybridized carbons (Fsp3) is 0.304. The van der Waals surface area contributed by atoms with Crippen LogP contribution in [0.1, 0.15) is 43.9 Å². The summed E-state index contributed by atoms with van der Waals surface area (Å²) in [6.45, 7) is 3.95. The summed E-state index contributed by atoms with van der Waals surface area (Å²) in [5.74, 6) is -1.02. The maximum absolute atomic E-state index is 13.6. The second-order valence-electron chi connectivity index (χ2n) is 7.70. The van der Waals surface area contributed by atoms with Crippen LogP contribution in [0.5, 0.6) is 0 Å². The minimum Gasteiger partial charge on any atom is -0.481 e. The summed E-state index contributed by atoms with van der Waals surface area (Å²) in [7, 11) is 0. The third kappa shape index (κ3) is 5.63.